The third-order valence-electron chi connectivity index (χ3n) is 4.30. The maximum atomic E-state index is 12.9. The summed E-state index contributed by atoms with van der Waals surface area (Å²) >= 11 is 20.1. The Hall–Kier alpha value is -2.26. The number of ether oxygens (including phenoxy) is 3. The molecule has 1 fully saturated rings. The molecule has 3 amide bonds. The number of methoxy groups -OCH3 is 2. The zero-order valence-electron chi connectivity index (χ0n) is 18.0. The van der Waals surface area contributed by atoms with Crippen molar-refractivity contribution in [2.24, 2.45) is 0 Å². The molecule has 1 aliphatic heterocycles. The number of benzene rings is 2. The first-order chi connectivity index (χ1) is 16.6. The van der Waals surface area contributed by atoms with E-state index in [0.29, 0.717) is 31.3 Å². The lowest BCUT2D eigenvalue weighted by Crippen LogP contribution is -2.46. The summed E-state index contributed by atoms with van der Waals surface area (Å²) in [7, 11) is 2.72. The number of urea groups is 1. The third-order valence-corrected chi connectivity index (χ3v) is 7.14. The standard InChI is InChI=1S/C21H16Cl2IN3O6S2/c1-31-15-6-10(5-14(24)18(15)33-9-17(28)32-2)7-16-19(29)27(21(34)35-16)26-20(30)25-11-3-4-12(22)13(23)8-11/h3-8H,9H2,1-2H3,(H2,25,26,30)/b16-7-. The van der Waals surface area contributed by atoms with Gasteiger partial charge in [-0.3, -0.25) is 4.79 Å². The Morgan fingerprint density at radius 3 is 2.60 bits per heavy atom. The van der Waals surface area contributed by atoms with E-state index in [4.69, 9.17) is 44.9 Å². The van der Waals surface area contributed by atoms with Crippen molar-refractivity contribution >= 4 is 104 Å². The number of hydrazine groups is 1. The fourth-order valence-electron chi connectivity index (χ4n) is 2.70. The van der Waals surface area contributed by atoms with Gasteiger partial charge in [-0.05, 0) is 76.8 Å². The minimum Gasteiger partial charge on any atom is -0.493 e. The molecule has 1 heterocycles. The van der Waals surface area contributed by atoms with Gasteiger partial charge in [-0.1, -0.05) is 35.0 Å². The lowest BCUT2D eigenvalue weighted by atomic mass is 10.2. The van der Waals surface area contributed by atoms with Crippen LogP contribution in [0.25, 0.3) is 6.08 Å². The van der Waals surface area contributed by atoms with E-state index < -0.39 is 17.9 Å². The van der Waals surface area contributed by atoms with Crippen LogP contribution in [0.15, 0.2) is 35.2 Å². The largest absolute Gasteiger partial charge is 0.493 e. The minimum absolute atomic E-state index is 0.144. The Labute approximate surface area is 233 Å². The fourth-order valence-corrected chi connectivity index (χ4v) is 4.96. The van der Waals surface area contributed by atoms with E-state index in [9.17, 15) is 14.4 Å². The highest BCUT2D eigenvalue weighted by Crippen LogP contribution is 2.37. The van der Waals surface area contributed by atoms with Gasteiger partial charge in [0, 0.05) is 5.69 Å². The van der Waals surface area contributed by atoms with Crippen LogP contribution < -0.4 is 20.2 Å². The van der Waals surface area contributed by atoms with Crippen LogP contribution in [0, 0.1) is 3.57 Å². The van der Waals surface area contributed by atoms with Gasteiger partial charge in [0.1, 0.15) is 0 Å². The summed E-state index contributed by atoms with van der Waals surface area (Å²) in [6, 6.07) is 7.26. The summed E-state index contributed by atoms with van der Waals surface area (Å²) < 4.78 is 16.2. The second-order valence-corrected chi connectivity index (χ2v) is 10.3. The predicted octanol–water partition coefficient (Wildman–Crippen LogP) is 5.10. The van der Waals surface area contributed by atoms with Gasteiger partial charge in [0.05, 0.1) is 32.7 Å². The van der Waals surface area contributed by atoms with Gasteiger partial charge in [-0.2, -0.15) is 5.01 Å². The highest BCUT2D eigenvalue weighted by atomic mass is 127. The summed E-state index contributed by atoms with van der Waals surface area (Å²) in [5.41, 5.74) is 3.42. The van der Waals surface area contributed by atoms with Crippen molar-refractivity contribution in [3.63, 3.8) is 0 Å². The number of carbonyl (C=O) groups excluding carboxylic acids is 3. The van der Waals surface area contributed by atoms with Crippen LogP contribution in [0.3, 0.4) is 0 Å². The lowest BCUT2D eigenvalue weighted by Gasteiger charge is -2.16. The molecule has 1 aliphatic rings. The highest BCUT2D eigenvalue weighted by Gasteiger charge is 2.33. The first kappa shape index (κ1) is 27.3. The van der Waals surface area contributed by atoms with Crippen molar-refractivity contribution in [1.29, 1.82) is 0 Å². The number of thiocarbonyl (C=S) groups is 1. The van der Waals surface area contributed by atoms with Crippen LogP contribution in [0.2, 0.25) is 10.0 Å². The molecule has 0 atom stereocenters. The number of thioether (sulfide) groups is 1. The van der Waals surface area contributed by atoms with E-state index in [-0.39, 0.29) is 20.9 Å². The van der Waals surface area contributed by atoms with Gasteiger partial charge in [-0.15, -0.1) is 0 Å². The SMILES string of the molecule is COC(=O)COc1c(I)cc(/C=C2\SC(=S)N(NC(=O)Nc3ccc(Cl)c(Cl)c3)C2=O)cc1OC. The normalized spacial score (nSPS) is 14.2. The Balaban J connectivity index is 1.74. The smallest absolute Gasteiger partial charge is 0.343 e. The summed E-state index contributed by atoms with van der Waals surface area (Å²) in [4.78, 5) is 36.9. The first-order valence-electron chi connectivity index (χ1n) is 9.50. The number of nitrogens with zero attached hydrogens (tertiary/aromatic N) is 1. The van der Waals surface area contributed by atoms with Crippen molar-refractivity contribution < 1.29 is 28.6 Å². The van der Waals surface area contributed by atoms with Gasteiger partial charge in [0.2, 0.25) is 0 Å². The quantitative estimate of drug-likeness (QED) is 0.182. The number of hydrogen-bond donors (Lipinski definition) is 2. The van der Waals surface area contributed by atoms with Crippen LogP contribution in [-0.2, 0) is 14.3 Å². The lowest BCUT2D eigenvalue weighted by molar-refractivity contribution is -0.143. The number of esters is 1. The molecule has 0 spiro atoms. The number of anilines is 1. The molecule has 0 saturated carbocycles. The van der Waals surface area contributed by atoms with Crippen molar-refractivity contribution in [2.45, 2.75) is 0 Å². The van der Waals surface area contributed by atoms with Gasteiger partial charge >= 0.3 is 12.0 Å². The zero-order valence-corrected chi connectivity index (χ0v) is 23.3. The second-order valence-electron chi connectivity index (χ2n) is 6.61. The van der Waals surface area contributed by atoms with Crippen LogP contribution >= 0.6 is 69.8 Å². The number of halogens is 3. The van der Waals surface area contributed by atoms with Crippen LogP contribution in [0.5, 0.6) is 11.5 Å². The van der Waals surface area contributed by atoms with Crippen LogP contribution in [0.1, 0.15) is 5.56 Å². The molecule has 9 nitrogen and oxygen atoms in total. The molecule has 3 rings (SSSR count). The average Bonchev–Trinajstić information content (AvgIpc) is 3.07. The van der Waals surface area contributed by atoms with Crippen molar-refractivity contribution in [3.05, 3.63) is 54.4 Å². The summed E-state index contributed by atoms with van der Waals surface area (Å²) in [5, 5.41) is 4.13. The predicted molar refractivity (Wildman–Crippen MR) is 147 cm³/mol. The Bertz CT molecular complexity index is 1240. The molecule has 184 valence electrons. The highest BCUT2D eigenvalue weighted by molar-refractivity contribution is 14.1. The molecule has 14 heteroatoms. The fraction of sp³-hybridized carbons (Fsp3) is 0.143. The van der Waals surface area contributed by atoms with E-state index in [1.54, 1.807) is 24.3 Å². The number of rotatable bonds is 7. The molecule has 0 radical (unpaired) electrons. The maximum absolute atomic E-state index is 12.9. The van der Waals surface area contributed by atoms with Crippen LogP contribution in [-0.4, -0.2) is 48.1 Å². The van der Waals surface area contributed by atoms with E-state index >= 15 is 0 Å². The minimum atomic E-state index is -0.690. The second kappa shape index (κ2) is 12.1. The van der Waals surface area contributed by atoms with Gasteiger partial charge in [0.25, 0.3) is 5.91 Å². The van der Waals surface area contributed by atoms with Crippen molar-refractivity contribution in [1.82, 2.24) is 10.4 Å². The molecule has 2 aromatic carbocycles. The van der Waals surface area contributed by atoms with E-state index in [2.05, 4.69) is 15.5 Å². The summed E-state index contributed by atoms with van der Waals surface area (Å²) in [6.07, 6.45) is 1.60. The molecule has 35 heavy (non-hydrogen) atoms. The zero-order chi connectivity index (χ0) is 25.7. The summed E-state index contributed by atoms with van der Waals surface area (Å²) in [5.74, 6) is -0.318. The van der Waals surface area contributed by atoms with E-state index in [0.717, 1.165) is 16.8 Å². The van der Waals surface area contributed by atoms with E-state index in [1.165, 1.54) is 26.4 Å². The third kappa shape index (κ3) is 6.91. The van der Waals surface area contributed by atoms with Gasteiger partial charge in [-0.25, -0.2) is 15.0 Å². The average molecular weight is 668 g/mol. The molecule has 2 N–H and O–H groups in total. The Morgan fingerprint density at radius 1 is 1.20 bits per heavy atom. The van der Waals surface area contributed by atoms with Crippen molar-refractivity contribution in [2.75, 3.05) is 26.1 Å². The molecule has 0 bridgehead atoms. The number of nitrogens with one attached hydrogen (secondary N) is 2. The molecule has 1 saturated heterocycles. The van der Waals surface area contributed by atoms with Crippen LogP contribution in [0.4, 0.5) is 10.5 Å². The van der Waals surface area contributed by atoms with E-state index in [1.807, 2.05) is 22.6 Å². The number of amides is 3. The molecule has 0 aromatic heterocycles. The molecule has 0 aliphatic carbocycles. The molecular formula is C21H16Cl2IN3O6S2. The number of carbonyl (C=O) groups is 3. The topological polar surface area (TPSA) is 106 Å². The Kier molecular flexibility index (Phi) is 9.47. The molecule has 2 aromatic rings. The molecular weight excluding hydrogens is 652 g/mol. The molecule has 0 unspecified atom stereocenters. The van der Waals surface area contributed by atoms with Gasteiger partial charge < -0.3 is 19.5 Å². The maximum Gasteiger partial charge on any atom is 0.343 e. The number of hydrogen-bond acceptors (Lipinski definition) is 8. The van der Waals surface area contributed by atoms with Crippen molar-refractivity contribution in [3.8, 4) is 11.5 Å². The first-order valence-corrected chi connectivity index (χ1v) is 12.6. The van der Waals surface area contributed by atoms with Gasteiger partial charge in [0.15, 0.2) is 22.4 Å². The Morgan fingerprint density at radius 2 is 1.94 bits per heavy atom. The monoisotopic (exact) mass is 667 g/mol. The summed E-state index contributed by atoms with van der Waals surface area (Å²) in [6.45, 7) is -0.281.